The van der Waals surface area contributed by atoms with Gasteiger partial charge >= 0.3 is 12.1 Å². The molecule has 0 amide bonds. The quantitative estimate of drug-likeness (QED) is 0.758. The molecule has 0 aliphatic carbocycles. The number of benzene rings is 1. The van der Waals surface area contributed by atoms with Gasteiger partial charge in [0, 0.05) is 22.5 Å². The van der Waals surface area contributed by atoms with E-state index in [1.807, 2.05) is 0 Å². The Morgan fingerprint density at radius 3 is 2.67 bits per heavy atom. The van der Waals surface area contributed by atoms with E-state index in [9.17, 15) is 18.0 Å². The number of carboxylic acids is 1. The molecule has 0 saturated carbocycles. The first-order valence-corrected chi connectivity index (χ1v) is 5.75. The first kappa shape index (κ1) is 13.2. The van der Waals surface area contributed by atoms with Crippen molar-refractivity contribution < 1.29 is 27.6 Å². The number of hydrogen-bond donors (Lipinski definition) is 2. The second kappa shape index (κ2) is 4.37. The molecule has 0 bridgehead atoms. The molecule has 0 atom stereocenters. The Hall–Kier alpha value is -2.77. The Kier molecular flexibility index (Phi) is 2.75. The molecule has 5 nitrogen and oxygen atoms in total. The van der Waals surface area contributed by atoms with Gasteiger partial charge in [0.1, 0.15) is 5.69 Å². The van der Waals surface area contributed by atoms with E-state index in [4.69, 9.17) is 9.63 Å². The number of halogens is 3. The van der Waals surface area contributed by atoms with Crippen LogP contribution in [0.2, 0.25) is 0 Å². The summed E-state index contributed by atoms with van der Waals surface area (Å²) in [5.41, 5.74) is -0.594. The summed E-state index contributed by atoms with van der Waals surface area (Å²) in [5, 5.41) is 12.4. The number of hydrogen-bond acceptors (Lipinski definition) is 3. The van der Waals surface area contributed by atoms with Crippen molar-refractivity contribution in [3.8, 4) is 11.3 Å². The molecule has 0 unspecified atom stereocenters. The molecule has 0 aliphatic rings. The summed E-state index contributed by atoms with van der Waals surface area (Å²) < 4.78 is 43.1. The number of nitrogens with zero attached hydrogens (tertiary/aromatic N) is 1. The van der Waals surface area contributed by atoms with E-state index in [2.05, 4.69) is 10.1 Å². The van der Waals surface area contributed by atoms with Crippen LogP contribution in [0.3, 0.4) is 0 Å². The van der Waals surface area contributed by atoms with Crippen LogP contribution in [0.1, 0.15) is 16.2 Å². The molecule has 2 N–H and O–H groups in total. The third kappa shape index (κ3) is 2.24. The molecule has 3 rings (SSSR count). The zero-order valence-electron chi connectivity index (χ0n) is 10.2. The second-order valence-electron chi connectivity index (χ2n) is 4.33. The number of nitrogens with one attached hydrogen (secondary N) is 1. The molecule has 2 heterocycles. The van der Waals surface area contributed by atoms with E-state index in [1.54, 1.807) is 0 Å². The number of aromatic nitrogens is 2. The monoisotopic (exact) mass is 296 g/mol. The average molecular weight is 296 g/mol. The normalized spacial score (nSPS) is 12.0. The Morgan fingerprint density at radius 1 is 1.29 bits per heavy atom. The molecule has 0 radical (unpaired) electrons. The van der Waals surface area contributed by atoms with Crippen molar-refractivity contribution in [3.63, 3.8) is 0 Å². The van der Waals surface area contributed by atoms with Gasteiger partial charge < -0.3 is 14.6 Å². The third-order valence-electron chi connectivity index (χ3n) is 2.96. The fourth-order valence-corrected chi connectivity index (χ4v) is 2.03. The van der Waals surface area contributed by atoms with E-state index < -0.39 is 17.8 Å². The zero-order chi connectivity index (χ0) is 15.2. The van der Waals surface area contributed by atoms with Crippen molar-refractivity contribution in [2.24, 2.45) is 0 Å². The highest BCUT2D eigenvalue weighted by atomic mass is 19.4. The molecule has 8 heteroatoms. The lowest BCUT2D eigenvalue weighted by atomic mass is 10.1. The average Bonchev–Trinajstić information content (AvgIpc) is 3.04. The van der Waals surface area contributed by atoms with Crippen LogP contribution in [0.15, 0.2) is 34.9 Å². The van der Waals surface area contributed by atoms with Crippen LogP contribution in [-0.2, 0) is 6.18 Å². The predicted molar refractivity (Wildman–Crippen MR) is 65.8 cm³/mol. The molecule has 0 aliphatic heterocycles. The smallest absolute Gasteiger partial charge is 0.431 e. The summed E-state index contributed by atoms with van der Waals surface area (Å²) in [6, 6.07) is 6.67. The van der Waals surface area contributed by atoms with Crippen molar-refractivity contribution in [3.05, 3.63) is 41.7 Å². The van der Waals surface area contributed by atoms with Crippen molar-refractivity contribution >= 4 is 16.9 Å². The highest BCUT2D eigenvalue weighted by Crippen LogP contribution is 2.35. The first-order valence-electron chi connectivity index (χ1n) is 5.75. The highest BCUT2D eigenvalue weighted by molar-refractivity contribution is 5.95. The third-order valence-corrected chi connectivity index (χ3v) is 2.96. The number of carboxylic acid groups (broad SMARTS) is 1. The number of carbonyl (C=O) groups is 1. The number of fused-ring (bicyclic) bond motifs is 1. The van der Waals surface area contributed by atoms with Gasteiger partial charge in [0.15, 0.2) is 11.5 Å². The van der Waals surface area contributed by atoms with Gasteiger partial charge in [-0.25, -0.2) is 4.79 Å². The van der Waals surface area contributed by atoms with Gasteiger partial charge in [-0.05, 0) is 12.1 Å². The molecule has 2 aromatic heterocycles. The Labute approximate surface area is 115 Å². The van der Waals surface area contributed by atoms with Crippen molar-refractivity contribution in [2.75, 3.05) is 0 Å². The predicted octanol–water partition coefficient (Wildman–Crippen LogP) is 3.54. The lowest BCUT2D eigenvalue weighted by Crippen LogP contribution is -2.04. The topological polar surface area (TPSA) is 79.1 Å². The minimum atomic E-state index is -4.50. The van der Waals surface area contributed by atoms with E-state index in [-0.39, 0.29) is 22.4 Å². The van der Waals surface area contributed by atoms with Gasteiger partial charge in [-0.15, -0.1) is 0 Å². The van der Waals surface area contributed by atoms with E-state index in [0.29, 0.717) is 5.56 Å². The highest BCUT2D eigenvalue weighted by Gasteiger charge is 2.33. The summed E-state index contributed by atoms with van der Waals surface area (Å²) in [6.07, 6.45) is -4.50. The molecule has 1 aromatic carbocycles. The molecule has 3 aromatic rings. The second-order valence-corrected chi connectivity index (χ2v) is 4.33. The SMILES string of the molecule is O=C(O)c1cc(-c2cccc3[nH]c(C(F)(F)F)cc23)on1. The fourth-order valence-electron chi connectivity index (χ4n) is 2.03. The molecule has 108 valence electrons. The summed E-state index contributed by atoms with van der Waals surface area (Å²) in [4.78, 5) is 13.0. The van der Waals surface area contributed by atoms with Gasteiger partial charge in [-0.3, -0.25) is 0 Å². The maximum absolute atomic E-state index is 12.7. The Balaban J connectivity index is 2.18. The maximum Gasteiger partial charge on any atom is 0.431 e. The van der Waals surface area contributed by atoms with Crippen molar-refractivity contribution in [2.45, 2.75) is 6.18 Å². The molecule has 0 spiro atoms. The number of aromatic carboxylic acids is 1. The molecular weight excluding hydrogens is 289 g/mol. The minimum absolute atomic E-state index is 0.0886. The van der Waals surface area contributed by atoms with Crippen molar-refractivity contribution in [1.29, 1.82) is 0 Å². The lowest BCUT2D eigenvalue weighted by Gasteiger charge is -2.00. The summed E-state index contributed by atoms with van der Waals surface area (Å²) >= 11 is 0. The van der Waals surface area contributed by atoms with E-state index in [1.165, 1.54) is 18.2 Å². The summed E-state index contributed by atoms with van der Waals surface area (Å²) in [5.74, 6) is -1.19. The fraction of sp³-hybridized carbons (Fsp3) is 0.0769. The minimum Gasteiger partial charge on any atom is -0.476 e. The van der Waals surface area contributed by atoms with Gasteiger partial charge in [-0.2, -0.15) is 13.2 Å². The van der Waals surface area contributed by atoms with Gasteiger partial charge in [0.2, 0.25) is 0 Å². The summed E-state index contributed by atoms with van der Waals surface area (Å²) in [6.45, 7) is 0. The summed E-state index contributed by atoms with van der Waals surface area (Å²) in [7, 11) is 0. The number of H-pyrrole nitrogens is 1. The molecule has 21 heavy (non-hydrogen) atoms. The number of alkyl halides is 3. The van der Waals surface area contributed by atoms with Crippen LogP contribution >= 0.6 is 0 Å². The van der Waals surface area contributed by atoms with Crippen molar-refractivity contribution in [1.82, 2.24) is 10.1 Å². The van der Waals surface area contributed by atoms with Gasteiger partial charge in [0.05, 0.1) is 0 Å². The van der Waals surface area contributed by atoms with Crippen LogP contribution in [0.5, 0.6) is 0 Å². The maximum atomic E-state index is 12.7. The van der Waals surface area contributed by atoms with Crippen LogP contribution < -0.4 is 0 Å². The number of aromatic amines is 1. The first-order chi connectivity index (χ1) is 9.86. The standard InChI is InChI=1S/C13H7F3N2O3/c14-13(15,16)11-4-7-6(2-1-3-8(7)17-11)10-5-9(12(19)20)18-21-10/h1-5,17H,(H,19,20). The van der Waals surface area contributed by atoms with E-state index in [0.717, 1.165) is 12.1 Å². The van der Waals surface area contributed by atoms with Gasteiger partial charge in [0.25, 0.3) is 0 Å². The lowest BCUT2D eigenvalue weighted by molar-refractivity contribution is -0.140. The number of rotatable bonds is 2. The van der Waals surface area contributed by atoms with Crippen LogP contribution in [-0.4, -0.2) is 21.2 Å². The zero-order valence-corrected chi connectivity index (χ0v) is 10.2. The van der Waals surface area contributed by atoms with Crippen LogP contribution in [0.4, 0.5) is 13.2 Å². The largest absolute Gasteiger partial charge is 0.476 e. The van der Waals surface area contributed by atoms with Crippen LogP contribution in [0.25, 0.3) is 22.2 Å². The molecule has 0 fully saturated rings. The van der Waals surface area contributed by atoms with Gasteiger partial charge in [-0.1, -0.05) is 17.3 Å². The van der Waals surface area contributed by atoms with E-state index >= 15 is 0 Å². The molecular formula is C13H7F3N2O3. The van der Waals surface area contributed by atoms with Crippen LogP contribution in [0, 0.1) is 0 Å². The Morgan fingerprint density at radius 2 is 2.05 bits per heavy atom. The Bertz CT molecular complexity index is 833. The molecule has 0 saturated heterocycles.